The molecule has 0 bridgehead atoms. The van der Waals surface area contributed by atoms with E-state index in [0.29, 0.717) is 19.3 Å². The number of hydrogen-bond donors (Lipinski definition) is 3. The molecular weight excluding hydrogens is 604 g/mol. The molecule has 2 aromatic rings. The number of ether oxygens (including phenoxy) is 3. The number of carbonyl (C=O) groups excluding carboxylic acids is 2. The molecule has 0 saturated heterocycles. The molecule has 0 radical (unpaired) electrons. The molecule has 0 saturated carbocycles. The van der Waals surface area contributed by atoms with Crippen LogP contribution in [-0.2, 0) is 33.4 Å². The minimum absolute atomic E-state index is 0.0285. The highest BCUT2D eigenvalue weighted by Gasteiger charge is 2.38. The molecule has 260 valence electrons. The normalized spacial score (nSPS) is 15.8. The van der Waals surface area contributed by atoms with Crippen LogP contribution in [0.5, 0.6) is 0 Å². The molecule has 0 aliphatic rings. The number of benzene rings is 2. The average molecular weight is 657 g/mol. The van der Waals surface area contributed by atoms with Crippen molar-refractivity contribution >= 4 is 24.3 Å². The molecule has 7 atom stereocenters. The lowest BCUT2D eigenvalue weighted by Crippen LogP contribution is -2.51. The maximum Gasteiger partial charge on any atom is 0.308 e. The Morgan fingerprint density at radius 2 is 1.28 bits per heavy atom. The third-order valence-corrected chi connectivity index (χ3v) is 8.73. The topological polar surface area (TPSA) is 152 Å². The second-order valence-electron chi connectivity index (χ2n) is 11.8. The monoisotopic (exact) mass is 656 g/mol. The number of carboxylic acid groups (broad SMARTS) is 2. The van der Waals surface area contributed by atoms with Gasteiger partial charge >= 0.3 is 11.9 Å². The number of carbonyl (C=O) groups is 4. The van der Waals surface area contributed by atoms with Gasteiger partial charge in [0.1, 0.15) is 6.79 Å². The number of hydrogen-bond acceptors (Lipinski definition) is 7. The third kappa shape index (κ3) is 12.1. The van der Waals surface area contributed by atoms with E-state index in [4.69, 9.17) is 14.2 Å². The van der Waals surface area contributed by atoms with E-state index in [1.807, 2.05) is 81.4 Å². The molecule has 2 aromatic carbocycles. The summed E-state index contributed by atoms with van der Waals surface area (Å²) < 4.78 is 16.7. The zero-order valence-electron chi connectivity index (χ0n) is 28.2. The van der Waals surface area contributed by atoms with E-state index in [9.17, 15) is 29.4 Å². The largest absolute Gasteiger partial charge is 0.481 e. The van der Waals surface area contributed by atoms with E-state index in [1.54, 1.807) is 18.7 Å². The van der Waals surface area contributed by atoms with Crippen LogP contribution in [-0.4, -0.2) is 91.2 Å². The highest BCUT2D eigenvalue weighted by molar-refractivity contribution is 5.85. The van der Waals surface area contributed by atoms with E-state index in [0.717, 1.165) is 11.1 Å². The Bertz CT molecular complexity index is 1210. The first-order chi connectivity index (χ1) is 22.6. The quantitative estimate of drug-likeness (QED) is 0.0824. The molecular formula is C36H52N2O9. The summed E-state index contributed by atoms with van der Waals surface area (Å²) in [6.07, 6.45) is 1.99. The number of nitrogens with one attached hydrogen (secondary N) is 1. The number of amides is 2. The lowest BCUT2D eigenvalue weighted by atomic mass is 9.76. The maximum atomic E-state index is 13.1. The van der Waals surface area contributed by atoms with Crippen LogP contribution in [0.4, 0.5) is 0 Å². The highest BCUT2D eigenvalue weighted by atomic mass is 16.7. The van der Waals surface area contributed by atoms with Gasteiger partial charge in [-0.1, -0.05) is 81.4 Å². The summed E-state index contributed by atoms with van der Waals surface area (Å²) in [5.74, 6) is -5.12. The Balaban J connectivity index is 1.78. The minimum Gasteiger partial charge on any atom is -0.481 e. The Labute approximate surface area is 278 Å². The lowest BCUT2D eigenvalue weighted by molar-refractivity contribution is -0.147. The molecule has 2 rings (SSSR count). The second-order valence-corrected chi connectivity index (χ2v) is 11.8. The first-order valence-electron chi connectivity index (χ1n) is 16.4. The number of rotatable bonds is 24. The predicted molar refractivity (Wildman–Crippen MR) is 178 cm³/mol. The minimum atomic E-state index is -1.02. The standard InChI is InChI=1S/C36H52N2O9/c1-6-30(28-14-10-8-11-15-28)32(26(4)35(41)42)34(40)37-18-19-46-24-47-21-20-45-22-25(3)38(23-39)33(27(5)36(43)44)31(7-2)29-16-12-9-13-17-29/h8-17,23,25-27,30-33H,6-7,18-22,24H2,1-5H3,(H,37,40)(H,41,42)(H,43,44). The van der Waals surface area contributed by atoms with E-state index in [1.165, 1.54) is 0 Å². The van der Waals surface area contributed by atoms with Crippen molar-refractivity contribution in [3.8, 4) is 0 Å². The van der Waals surface area contributed by atoms with E-state index in [2.05, 4.69) is 5.32 Å². The van der Waals surface area contributed by atoms with Crippen LogP contribution in [0.2, 0.25) is 0 Å². The molecule has 11 heteroatoms. The van der Waals surface area contributed by atoms with E-state index >= 15 is 0 Å². The van der Waals surface area contributed by atoms with Crippen molar-refractivity contribution in [3.63, 3.8) is 0 Å². The molecule has 0 heterocycles. The third-order valence-electron chi connectivity index (χ3n) is 8.73. The first kappa shape index (κ1) is 39.4. The fourth-order valence-corrected chi connectivity index (χ4v) is 6.11. The highest BCUT2D eigenvalue weighted by Crippen LogP contribution is 2.34. The number of nitrogens with zero attached hydrogens (tertiary/aromatic N) is 1. The average Bonchev–Trinajstić information content (AvgIpc) is 3.07. The Morgan fingerprint density at radius 1 is 0.766 bits per heavy atom. The molecule has 3 N–H and O–H groups in total. The summed E-state index contributed by atoms with van der Waals surface area (Å²) in [5.41, 5.74) is 1.91. The van der Waals surface area contributed by atoms with Gasteiger partial charge in [-0.05, 0) is 43.7 Å². The van der Waals surface area contributed by atoms with Gasteiger partial charge in [0.15, 0.2) is 0 Å². The molecule has 11 nitrogen and oxygen atoms in total. The molecule has 0 fully saturated rings. The zero-order valence-corrected chi connectivity index (χ0v) is 28.2. The van der Waals surface area contributed by atoms with E-state index in [-0.39, 0.29) is 63.6 Å². The van der Waals surface area contributed by atoms with Gasteiger partial charge in [-0.25, -0.2) is 0 Å². The van der Waals surface area contributed by atoms with Crippen molar-refractivity contribution in [2.45, 2.75) is 71.4 Å². The van der Waals surface area contributed by atoms with Gasteiger partial charge in [0.25, 0.3) is 0 Å². The van der Waals surface area contributed by atoms with Crippen LogP contribution in [0.25, 0.3) is 0 Å². The number of carboxylic acids is 2. The van der Waals surface area contributed by atoms with Crippen molar-refractivity contribution in [2.75, 3.05) is 39.8 Å². The Morgan fingerprint density at radius 3 is 1.79 bits per heavy atom. The molecule has 2 amide bonds. The van der Waals surface area contributed by atoms with Crippen LogP contribution < -0.4 is 5.32 Å². The fraction of sp³-hybridized carbons (Fsp3) is 0.556. The van der Waals surface area contributed by atoms with Crippen LogP contribution in [0.1, 0.15) is 70.4 Å². The zero-order chi connectivity index (χ0) is 34.8. The SMILES string of the molecule is CCC(c1ccccc1)C(C(=O)NCCOCOCCOCC(C)N(C=O)C(C(C)C(=O)O)C(CC)c1ccccc1)C(C)C(=O)O. The Hall–Kier alpha value is -3.80. The summed E-state index contributed by atoms with van der Waals surface area (Å²) >= 11 is 0. The fourth-order valence-electron chi connectivity index (χ4n) is 6.11. The summed E-state index contributed by atoms with van der Waals surface area (Å²) in [7, 11) is 0. The molecule has 7 unspecified atom stereocenters. The smallest absolute Gasteiger partial charge is 0.308 e. The Kier molecular flexibility index (Phi) is 17.7. The summed E-state index contributed by atoms with van der Waals surface area (Å²) in [4.78, 5) is 50.8. The molecule has 47 heavy (non-hydrogen) atoms. The molecule has 0 aromatic heterocycles. The number of aliphatic carboxylic acids is 2. The van der Waals surface area contributed by atoms with Gasteiger partial charge in [-0.2, -0.15) is 0 Å². The van der Waals surface area contributed by atoms with Gasteiger partial charge in [-0.15, -0.1) is 0 Å². The van der Waals surface area contributed by atoms with Gasteiger partial charge in [0.2, 0.25) is 12.3 Å². The van der Waals surface area contributed by atoms with Crippen molar-refractivity contribution in [1.82, 2.24) is 10.2 Å². The van der Waals surface area contributed by atoms with Crippen molar-refractivity contribution in [3.05, 3.63) is 71.8 Å². The van der Waals surface area contributed by atoms with Gasteiger partial charge in [0.05, 0.1) is 56.3 Å². The van der Waals surface area contributed by atoms with Gasteiger partial charge in [-0.3, -0.25) is 19.2 Å². The summed E-state index contributed by atoms with van der Waals surface area (Å²) in [5, 5.41) is 22.3. The van der Waals surface area contributed by atoms with Gasteiger partial charge in [0, 0.05) is 12.5 Å². The lowest BCUT2D eigenvalue weighted by Gasteiger charge is -2.40. The van der Waals surface area contributed by atoms with E-state index < -0.39 is 35.7 Å². The van der Waals surface area contributed by atoms with Crippen LogP contribution >= 0.6 is 0 Å². The molecule has 0 aliphatic carbocycles. The van der Waals surface area contributed by atoms with Crippen molar-refractivity contribution in [1.29, 1.82) is 0 Å². The molecule has 0 spiro atoms. The summed E-state index contributed by atoms with van der Waals surface area (Å²) in [6, 6.07) is 18.2. The second kappa shape index (κ2) is 21.1. The van der Waals surface area contributed by atoms with Crippen LogP contribution in [0.15, 0.2) is 60.7 Å². The summed E-state index contributed by atoms with van der Waals surface area (Å²) in [6.45, 7) is 9.95. The van der Waals surface area contributed by atoms with Gasteiger partial charge < -0.3 is 34.6 Å². The van der Waals surface area contributed by atoms with Crippen molar-refractivity contribution < 1.29 is 43.6 Å². The first-order valence-corrected chi connectivity index (χ1v) is 16.4. The van der Waals surface area contributed by atoms with Crippen LogP contribution in [0.3, 0.4) is 0 Å². The van der Waals surface area contributed by atoms with Crippen molar-refractivity contribution in [2.24, 2.45) is 17.8 Å². The maximum absolute atomic E-state index is 13.1. The molecule has 0 aliphatic heterocycles. The van der Waals surface area contributed by atoms with Crippen LogP contribution in [0, 0.1) is 17.8 Å². The predicted octanol–water partition coefficient (Wildman–Crippen LogP) is 4.77.